The molecule has 0 aliphatic rings. The fourth-order valence-corrected chi connectivity index (χ4v) is 3.82. The van der Waals surface area contributed by atoms with Crippen molar-refractivity contribution < 1.29 is 17.9 Å². The van der Waals surface area contributed by atoms with Gasteiger partial charge in [0.05, 0.1) is 10.9 Å². The molecule has 2 aromatic carbocycles. The van der Waals surface area contributed by atoms with Crippen LogP contribution < -0.4 is 14.8 Å². The number of halogens is 1. The lowest BCUT2D eigenvalue weighted by Crippen LogP contribution is -2.31. The molecule has 1 amide bonds. The predicted octanol–water partition coefficient (Wildman–Crippen LogP) is 3.64. The average Bonchev–Trinajstić information content (AvgIpc) is 2.65. The summed E-state index contributed by atoms with van der Waals surface area (Å²) in [7, 11) is -3.54. The highest BCUT2D eigenvalue weighted by Crippen LogP contribution is 2.18. The highest BCUT2D eigenvalue weighted by Gasteiger charge is 2.14. The first-order valence-corrected chi connectivity index (χ1v) is 11.2. The van der Waals surface area contributed by atoms with E-state index in [-0.39, 0.29) is 29.4 Å². The summed E-state index contributed by atoms with van der Waals surface area (Å²) in [6, 6.07) is 13.5. The topological polar surface area (TPSA) is 84.5 Å². The molecule has 152 valence electrons. The summed E-state index contributed by atoms with van der Waals surface area (Å²) in [6.45, 7) is 5.98. The number of benzene rings is 2. The van der Waals surface area contributed by atoms with E-state index < -0.39 is 10.0 Å². The van der Waals surface area contributed by atoms with Gasteiger partial charge in [0.25, 0.3) is 5.91 Å². The van der Waals surface area contributed by atoms with Crippen LogP contribution in [0.3, 0.4) is 0 Å². The lowest BCUT2D eigenvalue weighted by molar-refractivity contribution is -0.123. The third kappa shape index (κ3) is 6.92. The second-order valence-corrected chi connectivity index (χ2v) is 9.53. The normalized spacial score (nSPS) is 12.6. The summed E-state index contributed by atoms with van der Waals surface area (Å²) in [4.78, 5) is 12.3. The van der Waals surface area contributed by atoms with Crippen LogP contribution in [-0.4, -0.2) is 27.5 Å². The summed E-state index contributed by atoms with van der Waals surface area (Å²) in [5.41, 5.74) is 0.986. The summed E-state index contributed by atoms with van der Waals surface area (Å²) < 4.78 is 33.3. The Hall–Kier alpha value is -1.90. The van der Waals surface area contributed by atoms with Crippen LogP contribution >= 0.6 is 15.9 Å². The SMILES string of the molecule is CC(C)CNS(=O)(=O)c1ccc(OCC(=O)NC(C)c2ccc(Br)cc2)cc1. The van der Waals surface area contributed by atoms with Gasteiger partial charge >= 0.3 is 0 Å². The van der Waals surface area contributed by atoms with Crippen molar-refractivity contribution in [3.8, 4) is 5.75 Å². The second-order valence-electron chi connectivity index (χ2n) is 6.85. The monoisotopic (exact) mass is 468 g/mol. The molecule has 6 nitrogen and oxygen atoms in total. The number of carbonyl (C=O) groups is 1. The molecule has 0 fully saturated rings. The van der Waals surface area contributed by atoms with Crippen molar-refractivity contribution in [2.24, 2.45) is 5.92 Å². The van der Waals surface area contributed by atoms with Crippen LogP contribution in [0, 0.1) is 5.92 Å². The molecule has 0 saturated carbocycles. The largest absolute Gasteiger partial charge is 0.484 e. The summed E-state index contributed by atoms with van der Waals surface area (Å²) >= 11 is 3.38. The minimum absolute atomic E-state index is 0.149. The molecule has 1 unspecified atom stereocenters. The molecule has 2 rings (SSSR count). The molecule has 2 N–H and O–H groups in total. The lowest BCUT2D eigenvalue weighted by Gasteiger charge is -2.15. The molecule has 0 heterocycles. The van der Waals surface area contributed by atoms with Crippen LogP contribution in [0.2, 0.25) is 0 Å². The van der Waals surface area contributed by atoms with Crippen molar-refractivity contribution in [1.29, 1.82) is 0 Å². The minimum atomic E-state index is -3.54. The van der Waals surface area contributed by atoms with Crippen LogP contribution in [0.5, 0.6) is 5.75 Å². The zero-order valence-electron chi connectivity index (χ0n) is 16.1. The smallest absolute Gasteiger partial charge is 0.258 e. The summed E-state index contributed by atoms with van der Waals surface area (Å²) in [5.74, 6) is 0.385. The average molecular weight is 469 g/mol. The van der Waals surface area contributed by atoms with E-state index in [9.17, 15) is 13.2 Å². The van der Waals surface area contributed by atoms with E-state index in [0.717, 1.165) is 10.0 Å². The van der Waals surface area contributed by atoms with Crippen molar-refractivity contribution in [2.45, 2.75) is 31.7 Å². The molecule has 0 aliphatic heterocycles. The molecule has 8 heteroatoms. The Morgan fingerprint density at radius 1 is 1.04 bits per heavy atom. The fourth-order valence-electron chi connectivity index (χ4n) is 2.34. The van der Waals surface area contributed by atoms with Gasteiger partial charge in [0, 0.05) is 11.0 Å². The highest BCUT2D eigenvalue weighted by atomic mass is 79.9. The number of hydrogen-bond acceptors (Lipinski definition) is 4. The number of rotatable bonds is 9. The van der Waals surface area contributed by atoms with Crippen LogP contribution in [0.15, 0.2) is 57.9 Å². The van der Waals surface area contributed by atoms with Gasteiger partial charge in [-0.15, -0.1) is 0 Å². The Balaban J connectivity index is 1.87. The first kappa shape index (κ1) is 22.4. The number of nitrogens with one attached hydrogen (secondary N) is 2. The van der Waals surface area contributed by atoms with Crippen molar-refractivity contribution in [1.82, 2.24) is 10.0 Å². The van der Waals surface area contributed by atoms with E-state index in [0.29, 0.717) is 12.3 Å². The van der Waals surface area contributed by atoms with Gasteiger partial charge in [-0.25, -0.2) is 13.1 Å². The summed E-state index contributed by atoms with van der Waals surface area (Å²) in [6.07, 6.45) is 0. The quantitative estimate of drug-likeness (QED) is 0.588. The van der Waals surface area contributed by atoms with Crippen molar-refractivity contribution in [3.05, 3.63) is 58.6 Å². The molecule has 0 spiro atoms. The molecule has 28 heavy (non-hydrogen) atoms. The maximum atomic E-state index is 12.2. The van der Waals surface area contributed by atoms with Crippen LogP contribution in [-0.2, 0) is 14.8 Å². The molecular formula is C20H25BrN2O4S. The third-order valence-corrected chi connectivity index (χ3v) is 5.90. The molecule has 0 aromatic heterocycles. The van der Waals surface area contributed by atoms with Crippen LogP contribution in [0.25, 0.3) is 0 Å². The summed E-state index contributed by atoms with van der Waals surface area (Å²) in [5, 5.41) is 2.86. The second kappa shape index (κ2) is 10.0. The van der Waals surface area contributed by atoms with Crippen molar-refractivity contribution in [3.63, 3.8) is 0 Å². The van der Waals surface area contributed by atoms with Crippen molar-refractivity contribution in [2.75, 3.05) is 13.2 Å². The molecule has 0 radical (unpaired) electrons. The number of carbonyl (C=O) groups excluding carboxylic acids is 1. The minimum Gasteiger partial charge on any atom is -0.484 e. The van der Waals surface area contributed by atoms with Gasteiger partial charge in [-0.2, -0.15) is 0 Å². The Kier molecular flexibility index (Phi) is 8.03. The first-order chi connectivity index (χ1) is 13.2. The third-order valence-electron chi connectivity index (χ3n) is 3.93. The molecule has 0 aliphatic carbocycles. The number of amides is 1. The number of sulfonamides is 1. The lowest BCUT2D eigenvalue weighted by atomic mass is 10.1. The van der Waals surface area contributed by atoms with Gasteiger partial charge < -0.3 is 10.1 Å². The zero-order valence-corrected chi connectivity index (χ0v) is 18.5. The van der Waals surface area contributed by atoms with Crippen LogP contribution in [0.1, 0.15) is 32.4 Å². The molecular weight excluding hydrogens is 444 g/mol. The van der Waals surface area contributed by atoms with Gasteiger partial charge in [0.15, 0.2) is 6.61 Å². The van der Waals surface area contributed by atoms with E-state index in [4.69, 9.17) is 4.74 Å². The number of ether oxygens (including phenoxy) is 1. The highest BCUT2D eigenvalue weighted by molar-refractivity contribution is 9.10. The van der Waals surface area contributed by atoms with E-state index in [2.05, 4.69) is 26.0 Å². The van der Waals surface area contributed by atoms with Gasteiger partial charge in [-0.3, -0.25) is 4.79 Å². The van der Waals surface area contributed by atoms with E-state index >= 15 is 0 Å². The van der Waals surface area contributed by atoms with Crippen LogP contribution in [0.4, 0.5) is 0 Å². The molecule has 1 atom stereocenters. The Labute approximate surface area is 174 Å². The van der Waals surface area contributed by atoms with Gasteiger partial charge in [-0.05, 0) is 54.8 Å². The van der Waals surface area contributed by atoms with Gasteiger partial charge in [0.2, 0.25) is 10.0 Å². The Morgan fingerprint density at radius 2 is 1.64 bits per heavy atom. The predicted molar refractivity (Wildman–Crippen MR) is 113 cm³/mol. The molecule has 2 aromatic rings. The Morgan fingerprint density at radius 3 is 2.21 bits per heavy atom. The fraction of sp³-hybridized carbons (Fsp3) is 0.350. The van der Waals surface area contributed by atoms with E-state index in [1.165, 1.54) is 24.3 Å². The standard InChI is InChI=1S/C20H25BrN2O4S/c1-14(2)12-22-28(25,26)19-10-8-18(9-11-19)27-13-20(24)23-15(3)16-4-6-17(21)7-5-16/h4-11,14-15,22H,12-13H2,1-3H3,(H,23,24). The van der Waals surface area contributed by atoms with Gasteiger partial charge in [-0.1, -0.05) is 41.9 Å². The van der Waals surface area contributed by atoms with Gasteiger partial charge in [0.1, 0.15) is 5.75 Å². The van der Waals surface area contributed by atoms with E-state index in [1.54, 1.807) is 0 Å². The molecule has 0 saturated heterocycles. The first-order valence-electron chi connectivity index (χ1n) is 8.94. The number of hydrogen-bond donors (Lipinski definition) is 2. The maximum absolute atomic E-state index is 12.2. The van der Waals surface area contributed by atoms with E-state index in [1.807, 2.05) is 45.0 Å². The maximum Gasteiger partial charge on any atom is 0.258 e. The Bertz CT molecular complexity index is 881. The molecule has 0 bridgehead atoms. The zero-order chi connectivity index (χ0) is 20.7. The van der Waals surface area contributed by atoms with Crippen molar-refractivity contribution >= 4 is 31.9 Å².